The van der Waals surface area contributed by atoms with Crippen LogP contribution in [0.3, 0.4) is 0 Å². The number of carbonyl (C=O) groups is 1. The molecule has 0 spiro atoms. The second-order valence-corrected chi connectivity index (χ2v) is 5.53. The maximum Gasteiger partial charge on any atom is 0.222 e. The van der Waals surface area contributed by atoms with Crippen LogP contribution in [0.4, 0.5) is 0 Å². The van der Waals surface area contributed by atoms with E-state index < -0.39 is 0 Å². The molecule has 1 amide bonds. The van der Waals surface area contributed by atoms with Crippen LogP contribution in [0.1, 0.15) is 12.0 Å². The van der Waals surface area contributed by atoms with Crippen LogP contribution in [-0.2, 0) is 11.2 Å². The molecule has 2 aromatic rings. The van der Waals surface area contributed by atoms with Gasteiger partial charge in [0.1, 0.15) is 0 Å². The number of likely N-dealkylation sites (tertiary alicyclic amines) is 1. The summed E-state index contributed by atoms with van der Waals surface area (Å²) >= 11 is 0. The largest absolute Gasteiger partial charge is 0.342 e. The lowest BCUT2D eigenvalue weighted by molar-refractivity contribution is -0.127. The van der Waals surface area contributed by atoms with E-state index in [1.807, 2.05) is 4.90 Å². The second kappa shape index (κ2) is 5.63. The van der Waals surface area contributed by atoms with Crippen LogP contribution < -0.4 is 5.73 Å². The number of benzene rings is 2. The van der Waals surface area contributed by atoms with Crippen molar-refractivity contribution in [3.8, 4) is 0 Å². The van der Waals surface area contributed by atoms with Gasteiger partial charge in [0.15, 0.2) is 0 Å². The SMILES string of the molecule is NCC1CC(=O)N(CCc2cccc3ccccc23)C1. The Morgan fingerprint density at radius 1 is 1.15 bits per heavy atom. The molecule has 2 N–H and O–H groups in total. The summed E-state index contributed by atoms with van der Waals surface area (Å²) in [5.41, 5.74) is 6.97. The van der Waals surface area contributed by atoms with E-state index >= 15 is 0 Å². The number of carbonyl (C=O) groups excluding carboxylic acids is 1. The Kier molecular flexibility index (Phi) is 3.70. The van der Waals surface area contributed by atoms with Crippen LogP contribution in [0, 0.1) is 5.92 Å². The molecular formula is C17H20N2O. The standard InChI is InChI=1S/C17H20N2O/c18-11-13-10-17(20)19(12-13)9-8-15-6-3-5-14-4-1-2-7-16(14)15/h1-7,13H,8-12,18H2. The molecule has 3 nitrogen and oxygen atoms in total. The van der Waals surface area contributed by atoms with E-state index in [9.17, 15) is 4.79 Å². The molecule has 0 saturated carbocycles. The van der Waals surface area contributed by atoms with Crippen LogP contribution in [0.5, 0.6) is 0 Å². The lowest BCUT2D eigenvalue weighted by Crippen LogP contribution is -2.28. The van der Waals surface area contributed by atoms with Gasteiger partial charge in [0, 0.05) is 19.5 Å². The van der Waals surface area contributed by atoms with Crippen molar-refractivity contribution in [2.45, 2.75) is 12.8 Å². The Morgan fingerprint density at radius 3 is 2.75 bits per heavy atom. The summed E-state index contributed by atoms with van der Waals surface area (Å²) in [6.07, 6.45) is 1.52. The van der Waals surface area contributed by atoms with Gasteiger partial charge in [-0.05, 0) is 35.2 Å². The minimum atomic E-state index is 0.251. The Bertz CT molecular complexity index is 618. The molecule has 1 heterocycles. The van der Waals surface area contributed by atoms with Crippen LogP contribution in [0.15, 0.2) is 42.5 Å². The van der Waals surface area contributed by atoms with E-state index in [4.69, 9.17) is 5.73 Å². The minimum absolute atomic E-state index is 0.251. The maximum atomic E-state index is 11.9. The van der Waals surface area contributed by atoms with E-state index in [0.29, 0.717) is 18.9 Å². The quantitative estimate of drug-likeness (QED) is 0.924. The first-order valence-corrected chi connectivity index (χ1v) is 7.22. The average molecular weight is 268 g/mol. The molecule has 0 aliphatic carbocycles. The van der Waals surface area contributed by atoms with E-state index in [2.05, 4.69) is 42.5 Å². The zero-order valence-electron chi connectivity index (χ0n) is 11.6. The number of hydrogen-bond acceptors (Lipinski definition) is 2. The van der Waals surface area contributed by atoms with Gasteiger partial charge < -0.3 is 10.6 Å². The normalized spacial score (nSPS) is 18.9. The van der Waals surface area contributed by atoms with Crippen LogP contribution in [0.25, 0.3) is 10.8 Å². The Hall–Kier alpha value is -1.87. The van der Waals surface area contributed by atoms with Crippen LogP contribution in [-0.4, -0.2) is 30.4 Å². The molecule has 0 radical (unpaired) electrons. The molecule has 3 rings (SSSR count). The molecule has 1 atom stereocenters. The second-order valence-electron chi connectivity index (χ2n) is 5.53. The lowest BCUT2D eigenvalue weighted by atomic mass is 10.0. The zero-order valence-corrected chi connectivity index (χ0v) is 11.6. The summed E-state index contributed by atoms with van der Waals surface area (Å²) in [6, 6.07) is 14.8. The number of amides is 1. The highest BCUT2D eigenvalue weighted by molar-refractivity contribution is 5.85. The van der Waals surface area contributed by atoms with E-state index in [1.54, 1.807) is 0 Å². The number of nitrogens with zero attached hydrogens (tertiary/aromatic N) is 1. The first-order valence-electron chi connectivity index (χ1n) is 7.22. The molecule has 1 saturated heterocycles. The van der Waals surface area contributed by atoms with Gasteiger partial charge in [-0.3, -0.25) is 4.79 Å². The van der Waals surface area contributed by atoms with E-state index in [-0.39, 0.29) is 5.91 Å². The third-order valence-electron chi connectivity index (χ3n) is 4.16. The smallest absolute Gasteiger partial charge is 0.222 e. The molecule has 104 valence electrons. The third kappa shape index (κ3) is 2.54. The molecule has 1 aliphatic heterocycles. The molecular weight excluding hydrogens is 248 g/mol. The van der Waals surface area contributed by atoms with Crippen molar-refractivity contribution in [2.24, 2.45) is 11.7 Å². The Balaban J connectivity index is 1.73. The molecule has 1 fully saturated rings. The molecule has 1 unspecified atom stereocenters. The highest BCUT2D eigenvalue weighted by Gasteiger charge is 2.27. The number of fused-ring (bicyclic) bond motifs is 1. The van der Waals surface area contributed by atoms with Crippen LogP contribution in [0.2, 0.25) is 0 Å². The first kappa shape index (κ1) is 13.1. The highest BCUT2D eigenvalue weighted by atomic mass is 16.2. The molecule has 1 aliphatic rings. The first-order chi connectivity index (χ1) is 9.78. The number of nitrogens with two attached hydrogens (primary N) is 1. The van der Waals surface area contributed by atoms with Crippen molar-refractivity contribution < 1.29 is 4.79 Å². The molecule has 3 heteroatoms. The fraction of sp³-hybridized carbons (Fsp3) is 0.353. The van der Waals surface area contributed by atoms with Gasteiger partial charge in [0.25, 0.3) is 0 Å². The Morgan fingerprint density at radius 2 is 1.95 bits per heavy atom. The molecule has 0 bridgehead atoms. The topological polar surface area (TPSA) is 46.3 Å². The summed E-state index contributed by atoms with van der Waals surface area (Å²) in [5, 5.41) is 2.55. The molecule has 0 aromatic heterocycles. The number of rotatable bonds is 4. The summed E-state index contributed by atoms with van der Waals surface area (Å²) in [4.78, 5) is 13.9. The fourth-order valence-corrected chi connectivity index (χ4v) is 2.99. The van der Waals surface area contributed by atoms with Gasteiger partial charge in [-0.2, -0.15) is 0 Å². The zero-order chi connectivity index (χ0) is 13.9. The van der Waals surface area contributed by atoms with Gasteiger partial charge in [-0.1, -0.05) is 42.5 Å². The minimum Gasteiger partial charge on any atom is -0.342 e. The predicted octanol–water partition coefficient (Wildman–Crippen LogP) is 2.19. The maximum absolute atomic E-state index is 11.9. The molecule has 20 heavy (non-hydrogen) atoms. The van der Waals surface area contributed by atoms with Crippen molar-refractivity contribution in [3.05, 3.63) is 48.0 Å². The highest BCUT2D eigenvalue weighted by Crippen LogP contribution is 2.21. The summed E-state index contributed by atoms with van der Waals surface area (Å²) in [6.45, 7) is 2.22. The van der Waals surface area contributed by atoms with Crippen molar-refractivity contribution in [2.75, 3.05) is 19.6 Å². The van der Waals surface area contributed by atoms with E-state index in [0.717, 1.165) is 19.5 Å². The van der Waals surface area contributed by atoms with Gasteiger partial charge >= 0.3 is 0 Å². The summed E-state index contributed by atoms with van der Waals surface area (Å²) in [7, 11) is 0. The van der Waals surface area contributed by atoms with Crippen molar-refractivity contribution in [1.82, 2.24) is 4.90 Å². The van der Waals surface area contributed by atoms with Gasteiger partial charge in [0.2, 0.25) is 5.91 Å². The molecule has 2 aromatic carbocycles. The Labute approximate surface area is 119 Å². The van der Waals surface area contributed by atoms with Gasteiger partial charge in [0.05, 0.1) is 0 Å². The fourth-order valence-electron chi connectivity index (χ4n) is 2.99. The van der Waals surface area contributed by atoms with Gasteiger partial charge in [-0.25, -0.2) is 0 Å². The number of hydrogen-bond donors (Lipinski definition) is 1. The predicted molar refractivity (Wildman–Crippen MR) is 81.4 cm³/mol. The van der Waals surface area contributed by atoms with Crippen molar-refractivity contribution in [1.29, 1.82) is 0 Å². The van der Waals surface area contributed by atoms with Crippen molar-refractivity contribution in [3.63, 3.8) is 0 Å². The third-order valence-corrected chi connectivity index (χ3v) is 4.16. The summed E-state index contributed by atoms with van der Waals surface area (Å²) < 4.78 is 0. The lowest BCUT2D eigenvalue weighted by Gasteiger charge is -2.17. The van der Waals surface area contributed by atoms with Crippen molar-refractivity contribution >= 4 is 16.7 Å². The average Bonchev–Trinajstić information content (AvgIpc) is 2.85. The van der Waals surface area contributed by atoms with Gasteiger partial charge in [-0.15, -0.1) is 0 Å². The van der Waals surface area contributed by atoms with E-state index in [1.165, 1.54) is 16.3 Å². The van der Waals surface area contributed by atoms with Crippen LogP contribution >= 0.6 is 0 Å². The summed E-state index contributed by atoms with van der Waals surface area (Å²) in [5.74, 6) is 0.593. The monoisotopic (exact) mass is 268 g/mol.